The molecule has 0 saturated carbocycles. The molecule has 8 heavy (non-hydrogen) atoms. The van der Waals surface area contributed by atoms with Crippen LogP contribution in [-0.4, -0.2) is 12.7 Å². The van der Waals surface area contributed by atoms with Crippen molar-refractivity contribution in [2.75, 3.05) is 6.61 Å². The Morgan fingerprint density at radius 1 is 1.75 bits per heavy atom. The van der Waals surface area contributed by atoms with E-state index >= 15 is 0 Å². The molecule has 1 saturated heterocycles. The zero-order valence-corrected chi connectivity index (χ0v) is 5.31. The summed E-state index contributed by atoms with van der Waals surface area (Å²) in [4.78, 5) is 0. The van der Waals surface area contributed by atoms with Crippen LogP contribution < -0.4 is 0 Å². The molecular weight excluding hydrogens is 100 g/mol. The third-order valence-corrected chi connectivity index (χ3v) is 1.48. The van der Waals surface area contributed by atoms with E-state index in [0.29, 0.717) is 6.10 Å². The zero-order chi connectivity index (χ0) is 5.98. The molecular formula is C7H12O. The van der Waals surface area contributed by atoms with Gasteiger partial charge in [-0.15, -0.1) is 0 Å². The van der Waals surface area contributed by atoms with E-state index in [1.165, 1.54) is 5.57 Å². The summed E-state index contributed by atoms with van der Waals surface area (Å²) in [7, 11) is 0. The maximum atomic E-state index is 5.29. The van der Waals surface area contributed by atoms with Gasteiger partial charge in [0.25, 0.3) is 0 Å². The molecule has 0 aromatic rings. The van der Waals surface area contributed by atoms with E-state index in [9.17, 15) is 0 Å². The van der Waals surface area contributed by atoms with Crippen molar-refractivity contribution in [1.82, 2.24) is 0 Å². The first-order valence-electron chi connectivity index (χ1n) is 3.07. The molecule has 0 aromatic heterocycles. The summed E-state index contributed by atoms with van der Waals surface area (Å²) < 4.78 is 5.29. The van der Waals surface area contributed by atoms with Crippen LogP contribution in [0.25, 0.3) is 0 Å². The SMILES string of the molecule is C=C1CC[C@H](C)OC1. The average Bonchev–Trinajstić information content (AvgIpc) is 1.77. The molecule has 0 radical (unpaired) electrons. The van der Waals surface area contributed by atoms with Crippen molar-refractivity contribution in [2.24, 2.45) is 0 Å². The van der Waals surface area contributed by atoms with Gasteiger partial charge in [0, 0.05) is 0 Å². The monoisotopic (exact) mass is 112 g/mol. The van der Waals surface area contributed by atoms with Gasteiger partial charge in [-0.3, -0.25) is 0 Å². The van der Waals surface area contributed by atoms with Gasteiger partial charge in [-0.1, -0.05) is 12.2 Å². The average molecular weight is 112 g/mol. The normalized spacial score (nSPS) is 30.6. The van der Waals surface area contributed by atoms with Gasteiger partial charge in [0.1, 0.15) is 0 Å². The summed E-state index contributed by atoms with van der Waals surface area (Å²) in [6.45, 7) is 6.71. The van der Waals surface area contributed by atoms with E-state index < -0.39 is 0 Å². The lowest BCUT2D eigenvalue weighted by Crippen LogP contribution is -2.16. The molecule has 1 aliphatic rings. The highest BCUT2D eigenvalue weighted by molar-refractivity contribution is 4.97. The van der Waals surface area contributed by atoms with Crippen LogP contribution in [0.3, 0.4) is 0 Å². The van der Waals surface area contributed by atoms with Crippen molar-refractivity contribution < 1.29 is 4.74 Å². The Labute approximate surface area is 50.3 Å². The summed E-state index contributed by atoms with van der Waals surface area (Å²) >= 11 is 0. The van der Waals surface area contributed by atoms with Crippen LogP contribution in [0.1, 0.15) is 19.8 Å². The molecule has 0 N–H and O–H groups in total. The Bertz CT molecular complexity index is 86.6. The third kappa shape index (κ3) is 1.34. The quantitative estimate of drug-likeness (QED) is 0.434. The molecule has 1 heterocycles. The van der Waals surface area contributed by atoms with Gasteiger partial charge >= 0.3 is 0 Å². The molecule has 0 aliphatic carbocycles. The van der Waals surface area contributed by atoms with Gasteiger partial charge < -0.3 is 4.74 Å². The van der Waals surface area contributed by atoms with Crippen molar-refractivity contribution >= 4 is 0 Å². The van der Waals surface area contributed by atoms with E-state index in [1.807, 2.05) is 0 Å². The molecule has 0 unspecified atom stereocenters. The smallest absolute Gasteiger partial charge is 0.0677 e. The van der Waals surface area contributed by atoms with Gasteiger partial charge in [0.15, 0.2) is 0 Å². The van der Waals surface area contributed by atoms with Crippen molar-refractivity contribution in [3.63, 3.8) is 0 Å². The van der Waals surface area contributed by atoms with Gasteiger partial charge in [0.2, 0.25) is 0 Å². The van der Waals surface area contributed by atoms with Gasteiger partial charge in [-0.25, -0.2) is 0 Å². The largest absolute Gasteiger partial charge is 0.374 e. The second-order valence-electron chi connectivity index (χ2n) is 2.41. The van der Waals surface area contributed by atoms with E-state index in [1.54, 1.807) is 0 Å². The summed E-state index contributed by atoms with van der Waals surface area (Å²) in [5.74, 6) is 0. The van der Waals surface area contributed by atoms with Crippen molar-refractivity contribution in [1.29, 1.82) is 0 Å². The lowest BCUT2D eigenvalue weighted by molar-refractivity contribution is 0.0562. The Morgan fingerprint density at radius 2 is 2.50 bits per heavy atom. The number of ether oxygens (including phenoxy) is 1. The fourth-order valence-electron chi connectivity index (χ4n) is 0.823. The first-order chi connectivity index (χ1) is 3.79. The second kappa shape index (κ2) is 2.31. The molecule has 1 atom stereocenters. The molecule has 1 aliphatic heterocycles. The molecule has 0 aromatic carbocycles. The summed E-state index contributed by atoms with van der Waals surface area (Å²) in [5.41, 5.74) is 1.24. The Hall–Kier alpha value is -0.300. The molecule has 1 nitrogen and oxygen atoms in total. The van der Waals surface area contributed by atoms with Gasteiger partial charge in [-0.05, 0) is 19.8 Å². The predicted molar refractivity (Wildman–Crippen MR) is 33.8 cm³/mol. The second-order valence-corrected chi connectivity index (χ2v) is 2.41. The zero-order valence-electron chi connectivity index (χ0n) is 5.31. The molecule has 0 amide bonds. The Kier molecular flexibility index (Phi) is 1.69. The van der Waals surface area contributed by atoms with Crippen LogP contribution in [0.5, 0.6) is 0 Å². The lowest BCUT2D eigenvalue weighted by atomic mass is 10.1. The van der Waals surface area contributed by atoms with Crippen molar-refractivity contribution in [3.05, 3.63) is 12.2 Å². The van der Waals surface area contributed by atoms with Crippen LogP contribution in [0, 0.1) is 0 Å². The van der Waals surface area contributed by atoms with Crippen LogP contribution >= 0.6 is 0 Å². The van der Waals surface area contributed by atoms with Crippen molar-refractivity contribution in [2.45, 2.75) is 25.9 Å². The first kappa shape index (κ1) is 5.83. The minimum Gasteiger partial charge on any atom is -0.374 e. The van der Waals surface area contributed by atoms with Gasteiger partial charge in [-0.2, -0.15) is 0 Å². The topological polar surface area (TPSA) is 9.23 Å². The number of rotatable bonds is 0. The maximum Gasteiger partial charge on any atom is 0.0677 e. The van der Waals surface area contributed by atoms with E-state index in [-0.39, 0.29) is 0 Å². The van der Waals surface area contributed by atoms with E-state index in [2.05, 4.69) is 13.5 Å². The first-order valence-corrected chi connectivity index (χ1v) is 3.07. The van der Waals surface area contributed by atoms with Crippen molar-refractivity contribution in [3.8, 4) is 0 Å². The Morgan fingerprint density at radius 3 is 2.88 bits per heavy atom. The molecule has 0 bridgehead atoms. The summed E-state index contributed by atoms with van der Waals surface area (Å²) in [6.07, 6.45) is 2.76. The van der Waals surface area contributed by atoms with Crippen LogP contribution in [0.4, 0.5) is 0 Å². The van der Waals surface area contributed by atoms with E-state index in [0.717, 1.165) is 19.4 Å². The molecule has 0 spiro atoms. The Balaban J connectivity index is 2.29. The number of hydrogen-bond acceptors (Lipinski definition) is 1. The molecule has 1 rings (SSSR count). The third-order valence-electron chi connectivity index (χ3n) is 1.48. The van der Waals surface area contributed by atoms with Crippen LogP contribution in [0.2, 0.25) is 0 Å². The highest BCUT2D eigenvalue weighted by Crippen LogP contribution is 2.14. The molecule has 1 heteroatoms. The standard InChI is InChI=1S/C7H12O/c1-6-3-4-7(2)8-5-6/h7H,1,3-5H2,2H3/t7-/m0/s1. The molecule has 1 fully saturated rings. The summed E-state index contributed by atoms with van der Waals surface area (Å²) in [5, 5.41) is 0. The maximum absolute atomic E-state index is 5.29. The highest BCUT2D eigenvalue weighted by atomic mass is 16.5. The van der Waals surface area contributed by atoms with Gasteiger partial charge in [0.05, 0.1) is 12.7 Å². The fourth-order valence-corrected chi connectivity index (χ4v) is 0.823. The highest BCUT2D eigenvalue weighted by Gasteiger charge is 2.09. The minimum absolute atomic E-state index is 0.459. The minimum atomic E-state index is 0.459. The van der Waals surface area contributed by atoms with E-state index in [4.69, 9.17) is 4.74 Å². The van der Waals surface area contributed by atoms with Crippen LogP contribution in [-0.2, 0) is 4.74 Å². The fraction of sp³-hybridized carbons (Fsp3) is 0.714. The predicted octanol–water partition coefficient (Wildman–Crippen LogP) is 1.74. The lowest BCUT2D eigenvalue weighted by Gasteiger charge is -2.19. The summed E-state index contributed by atoms with van der Waals surface area (Å²) in [6, 6.07) is 0. The van der Waals surface area contributed by atoms with Crippen LogP contribution in [0.15, 0.2) is 12.2 Å². The molecule has 46 valence electrons. The number of hydrogen-bond donors (Lipinski definition) is 0.